The molecule has 0 amide bonds. The molecule has 2 aromatic heterocycles. The number of hydrogen-bond acceptors (Lipinski definition) is 5. The summed E-state index contributed by atoms with van der Waals surface area (Å²) in [5.74, 6) is -0.0393. The van der Waals surface area contributed by atoms with Crippen molar-refractivity contribution in [1.82, 2.24) is 18.7 Å². The Balaban J connectivity index is 0.00000114. The molecule has 3 aromatic rings. The molecule has 11 heteroatoms. The van der Waals surface area contributed by atoms with Crippen LogP contribution in [0.5, 0.6) is 5.75 Å². The molecule has 1 aromatic carbocycles. The van der Waals surface area contributed by atoms with Gasteiger partial charge in [-0.05, 0) is 37.6 Å². The Morgan fingerprint density at radius 1 is 1.16 bits per heavy atom. The van der Waals surface area contributed by atoms with E-state index in [0.29, 0.717) is 17.9 Å². The highest BCUT2D eigenvalue weighted by atomic mass is 35.5. The predicted octanol–water partition coefficient (Wildman–Crippen LogP) is 3.83. The van der Waals surface area contributed by atoms with Crippen LogP contribution >= 0.6 is 34.8 Å². The Hall–Kier alpha value is -2.55. The highest BCUT2D eigenvalue weighted by Crippen LogP contribution is 2.19. The van der Waals surface area contributed by atoms with Gasteiger partial charge in [0.25, 0.3) is 5.56 Å². The topological polar surface area (TPSA) is 88.1 Å². The van der Waals surface area contributed by atoms with Gasteiger partial charge in [0.2, 0.25) is 5.28 Å². The van der Waals surface area contributed by atoms with Crippen molar-refractivity contribution in [2.24, 2.45) is 7.05 Å². The number of aryl methyl sites for hydroxylation is 1. The molecule has 172 valence electrons. The van der Waals surface area contributed by atoms with E-state index in [1.54, 1.807) is 24.3 Å². The molecule has 8 nitrogen and oxygen atoms in total. The van der Waals surface area contributed by atoms with Gasteiger partial charge in [-0.3, -0.25) is 18.7 Å². The van der Waals surface area contributed by atoms with E-state index in [-0.39, 0.29) is 21.8 Å². The van der Waals surface area contributed by atoms with Crippen molar-refractivity contribution in [2.45, 2.75) is 26.9 Å². The van der Waals surface area contributed by atoms with E-state index in [4.69, 9.17) is 39.5 Å². The van der Waals surface area contributed by atoms with Crippen LogP contribution in [0.4, 0.5) is 0 Å². The first-order chi connectivity index (χ1) is 15.2. The number of fused-ring (bicyclic) bond motifs is 1. The van der Waals surface area contributed by atoms with Gasteiger partial charge in [0.05, 0.1) is 24.6 Å². The summed E-state index contributed by atoms with van der Waals surface area (Å²) >= 11 is 15.7. The summed E-state index contributed by atoms with van der Waals surface area (Å²) in [6, 6.07) is 6.65. The minimum Gasteiger partial charge on any atom is -0.496 e. The van der Waals surface area contributed by atoms with Gasteiger partial charge < -0.3 is 9.30 Å². The molecule has 0 atom stereocenters. The molecule has 2 heterocycles. The number of rotatable bonds is 6. The van der Waals surface area contributed by atoms with Crippen molar-refractivity contribution in [1.29, 1.82) is 0 Å². The number of aromatic nitrogens is 4. The lowest BCUT2D eigenvalue weighted by molar-refractivity contribution is 0.0966. The van der Waals surface area contributed by atoms with E-state index in [9.17, 15) is 14.4 Å². The van der Waals surface area contributed by atoms with Crippen molar-refractivity contribution in [2.75, 3.05) is 12.4 Å². The van der Waals surface area contributed by atoms with Gasteiger partial charge in [0.15, 0.2) is 16.9 Å². The van der Waals surface area contributed by atoms with Crippen molar-refractivity contribution < 1.29 is 9.53 Å². The summed E-state index contributed by atoms with van der Waals surface area (Å²) < 4.78 is 8.85. The molecule has 0 saturated carbocycles. The van der Waals surface area contributed by atoms with Crippen molar-refractivity contribution in [3.8, 4) is 5.75 Å². The highest BCUT2D eigenvalue weighted by molar-refractivity contribution is 6.40. The van der Waals surface area contributed by atoms with E-state index in [2.05, 4.69) is 4.98 Å². The van der Waals surface area contributed by atoms with Gasteiger partial charge in [-0.15, -0.1) is 23.2 Å². The Bertz CT molecular complexity index is 1270. The smallest absolute Gasteiger partial charge is 0.332 e. The molecule has 0 fully saturated rings. The third kappa shape index (κ3) is 5.43. The van der Waals surface area contributed by atoms with E-state index < -0.39 is 23.6 Å². The number of imidazole rings is 1. The lowest BCUT2D eigenvalue weighted by atomic mass is 10.1. The van der Waals surface area contributed by atoms with Gasteiger partial charge >= 0.3 is 5.69 Å². The number of ether oxygens (including phenoxy) is 1. The quantitative estimate of drug-likeness (QED) is 0.222. The van der Waals surface area contributed by atoms with Crippen LogP contribution < -0.4 is 16.0 Å². The maximum absolute atomic E-state index is 13.1. The SMILES string of the molecule is COc1ccccc1C(=O)Cn1c(=O)c2c(nc(Cl)n2CC=C(C)C)n(C)c1=O.ClCCl. The Labute approximate surface area is 199 Å². The first-order valence-electron chi connectivity index (χ1n) is 9.44. The highest BCUT2D eigenvalue weighted by Gasteiger charge is 2.21. The number of benzene rings is 1. The number of carbonyl (C=O) groups excluding carboxylic acids is 1. The van der Waals surface area contributed by atoms with Crippen LogP contribution in [0.1, 0.15) is 24.2 Å². The normalized spacial score (nSPS) is 10.5. The minimum atomic E-state index is -0.644. The van der Waals surface area contributed by atoms with Gasteiger partial charge in [0.1, 0.15) is 5.75 Å². The molecule has 0 spiro atoms. The van der Waals surface area contributed by atoms with Crippen LogP contribution in [0.3, 0.4) is 0 Å². The Kier molecular flexibility index (Phi) is 9.12. The van der Waals surface area contributed by atoms with Crippen molar-refractivity contribution in [3.63, 3.8) is 0 Å². The first-order valence-corrected chi connectivity index (χ1v) is 10.9. The molecule has 0 saturated heterocycles. The number of Topliss-reactive ketones (excluding diaryl/α,β-unsaturated/α-hetero) is 1. The monoisotopic (exact) mass is 500 g/mol. The molecule has 0 N–H and O–H groups in total. The van der Waals surface area contributed by atoms with Crippen LogP contribution in [0.15, 0.2) is 45.5 Å². The molecular formula is C21H23Cl3N4O4. The summed E-state index contributed by atoms with van der Waals surface area (Å²) in [5, 5.41) is 0.290. The maximum Gasteiger partial charge on any atom is 0.332 e. The predicted molar refractivity (Wildman–Crippen MR) is 128 cm³/mol. The Morgan fingerprint density at radius 3 is 2.38 bits per heavy atom. The largest absolute Gasteiger partial charge is 0.496 e. The number of hydrogen-bond donors (Lipinski definition) is 0. The van der Waals surface area contributed by atoms with Crippen molar-refractivity contribution in [3.05, 3.63) is 67.6 Å². The molecule has 0 unspecified atom stereocenters. The molecule has 0 aliphatic rings. The van der Waals surface area contributed by atoms with Crippen LogP contribution in [0, 0.1) is 0 Å². The zero-order valence-electron chi connectivity index (χ0n) is 18.1. The first kappa shape index (κ1) is 25.7. The maximum atomic E-state index is 13.1. The molecule has 0 radical (unpaired) electrons. The van der Waals surface area contributed by atoms with E-state index in [1.165, 1.54) is 23.3 Å². The van der Waals surface area contributed by atoms with Gasteiger partial charge in [-0.25, -0.2) is 4.79 Å². The second-order valence-corrected chi connectivity index (χ2v) is 8.05. The molecule has 0 aliphatic heterocycles. The third-order valence-corrected chi connectivity index (χ3v) is 4.87. The van der Waals surface area contributed by atoms with E-state index >= 15 is 0 Å². The van der Waals surface area contributed by atoms with Crippen LogP contribution in [0.2, 0.25) is 5.28 Å². The summed E-state index contributed by atoms with van der Waals surface area (Å²) in [6.45, 7) is 3.75. The summed E-state index contributed by atoms with van der Waals surface area (Å²) in [7, 11) is 2.94. The number of halogens is 3. The Morgan fingerprint density at radius 2 is 1.78 bits per heavy atom. The van der Waals surface area contributed by atoms with Crippen LogP contribution in [-0.2, 0) is 20.1 Å². The number of methoxy groups -OCH3 is 1. The second kappa shape index (κ2) is 11.4. The average molecular weight is 502 g/mol. The number of allylic oxidation sites excluding steroid dienone is 2. The molecule has 3 rings (SSSR count). The minimum absolute atomic E-state index is 0.0957. The van der Waals surface area contributed by atoms with Gasteiger partial charge in [0, 0.05) is 13.6 Å². The fraction of sp³-hybridized carbons (Fsp3) is 0.333. The number of nitrogens with zero attached hydrogens (tertiary/aromatic N) is 4. The summed E-state index contributed by atoms with van der Waals surface area (Å²) in [5.41, 5.74) is 0.414. The van der Waals surface area contributed by atoms with Crippen LogP contribution in [0.25, 0.3) is 11.2 Å². The van der Waals surface area contributed by atoms with Crippen LogP contribution in [-0.4, -0.2) is 36.9 Å². The second-order valence-electron chi connectivity index (χ2n) is 6.90. The van der Waals surface area contributed by atoms with E-state index in [1.807, 2.05) is 19.9 Å². The number of para-hydroxylation sites is 1. The van der Waals surface area contributed by atoms with E-state index in [0.717, 1.165) is 10.1 Å². The fourth-order valence-corrected chi connectivity index (χ4v) is 3.26. The average Bonchev–Trinajstić information content (AvgIpc) is 3.10. The molecular weight excluding hydrogens is 479 g/mol. The molecule has 0 bridgehead atoms. The lowest BCUT2D eigenvalue weighted by Crippen LogP contribution is -2.41. The summed E-state index contributed by atoms with van der Waals surface area (Å²) in [4.78, 5) is 42.8. The standard InChI is InChI=1S/C20H21ClN4O4.CH2Cl2/c1-12(2)9-10-24-16-17(22-19(24)21)23(3)20(28)25(18(16)27)11-14(26)13-7-5-6-8-15(13)29-4;2-1-3/h5-9H,10-11H2,1-4H3;1H2. The zero-order chi connectivity index (χ0) is 24.0. The zero-order valence-corrected chi connectivity index (χ0v) is 20.3. The van der Waals surface area contributed by atoms with Gasteiger partial charge in [-0.2, -0.15) is 4.98 Å². The molecule has 32 heavy (non-hydrogen) atoms. The van der Waals surface area contributed by atoms with Crippen molar-refractivity contribution >= 4 is 51.7 Å². The summed E-state index contributed by atoms with van der Waals surface area (Å²) in [6.07, 6.45) is 1.89. The fourth-order valence-electron chi connectivity index (χ4n) is 3.03. The van der Waals surface area contributed by atoms with Gasteiger partial charge in [-0.1, -0.05) is 23.8 Å². The number of alkyl halides is 2. The lowest BCUT2D eigenvalue weighted by Gasteiger charge is -2.10. The number of carbonyl (C=O) groups is 1. The third-order valence-electron chi connectivity index (χ3n) is 4.58. The molecule has 0 aliphatic carbocycles. The number of ketones is 1.